The Kier molecular flexibility index (Phi) is 4.23. The first-order chi connectivity index (χ1) is 7.47. The zero-order valence-corrected chi connectivity index (χ0v) is 9.59. The fraction of sp³-hybridized carbons (Fsp3) is 0.556. The number of esters is 1. The molecule has 4 nitrogen and oxygen atoms in total. The molecule has 0 spiro atoms. The summed E-state index contributed by atoms with van der Waals surface area (Å²) in [6, 6.07) is 0. The third kappa shape index (κ3) is 2.69. The van der Waals surface area contributed by atoms with Gasteiger partial charge in [0.1, 0.15) is 12.2 Å². The van der Waals surface area contributed by atoms with Crippen LogP contribution in [0, 0.1) is 6.92 Å². The van der Waals surface area contributed by atoms with Crippen LogP contribution in [-0.2, 0) is 16.1 Å². The van der Waals surface area contributed by atoms with E-state index in [1.54, 1.807) is 6.92 Å². The van der Waals surface area contributed by atoms with Gasteiger partial charge in [-0.2, -0.15) is 5.10 Å². The van der Waals surface area contributed by atoms with Gasteiger partial charge in [-0.15, -0.1) is 0 Å². The molecular formula is C9H11ClF2N2O2. The lowest BCUT2D eigenvalue weighted by molar-refractivity contribution is -0.144. The number of alkyl halides is 2. The van der Waals surface area contributed by atoms with Crippen molar-refractivity contribution in [3.8, 4) is 0 Å². The Labute approximate surface area is 96.1 Å². The maximum atomic E-state index is 12.4. The van der Waals surface area contributed by atoms with Gasteiger partial charge >= 0.3 is 5.97 Å². The Morgan fingerprint density at radius 2 is 2.25 bits per heavy atom. The van der Waals surface area contributed by atoms with Gasteiger partial charge in [0.2, 0.25) is 0 Å². The molecule has 0 unspecified atom stereocenters. The molecule has 0 amide bonds. The fourth-order valence-corrected chi connectivity index (χ4v) is 1.39. The van der Waals surface area contributed by atoms with Crippen LogP contribution >= 0.6 is 11.6 Å². The molecule has 0 radical (unpaired) electrons. The molecule has 1 aromatic rings. The standard InChI is InChI=1S/C9H11ClF2N2O2/c1-3-16-6(15)4-14-5(2)7(10)8(13-14)9(11)12/h9H,3-4H2,1-2H3. The molecule has 0 saturated carbocycles. The van der Waals surface area contributed by atoms with Gasteiger partial charge in [0, 0.05) is 0 Å². The Balaban J connectivity index is 2.89. The van der Waals surface area contributed by atoms with Crippen LogP contribution in [0.25, 0.3) is 0 Å². The SMILES string of the molecule is CCOC(=O)Cn1nc(C(F)F)c(Cl)c1C. The van der Waals surface area contributed by atoms with Gasteiger partial charge < -0.3 is 4.74 Å². The first-order valence-corrected chi connectivity index (χ1v) is 5.01. The molecule has 7 heteroatoms. The van der Waals surface area contributed by atoms with Gasteiger partial charge in [-0.05, 0) is 13.8 Å². The van der Waals surface area contributed by atoms with Crippen LogP contribution in [0.5, 0.6) is 0 Å². The predicted octanol–water partition coefficient (Wildman–Crippen LogP) is 2.35. The third-order valence-electron chi connectivity index (χ3n) is 1.95. The molecule has 0 fully saturated rings. The molecule has 1 heterocycles. The van der Waals surface area contributed by atoms with Crippen LogP contribution in [0.1, 0.15) is 24.7 Å². The molecule has 1 rings (SSSR count). The highest BCUT2D eigenvalue weighted by Gasteiger charge is 2.21. The lowest BCUT2D eigenvalue weighted by Gasteiger charge is -2.03. The smallest absolute Gasteiger partial charge is 0.327 e. The highest BCUT2D eigenvalue weighted by molar-refractivity contribution is 6.31. The molecular weight excluding hydrogens is 242 g/mol. The molecule has 1 aromatic heterocycles. The number of ether oxygens (including phenoxy) is 1. The number of hydrogen-bond donors (Lipinski definition) is 0. The number of halogens is 3. The van der Waals surface area contributed by atoms with Crippen molar-refractivity contribution in [2.45, 2.75) is 26.8 Å². The molecule has 0 aliphatic carbocycles. The first kappa shape index (κ1) is 12.9. The van der Waals surface area contributed by atoms with Crippen molar-refractivity contribution in [2.75, 3.05) is 6.61 Å². The van der Waals surface area contributed by atoms with Gasteiger partial charge in [0.25, 0.3) is 6.43 Å². The highest BCUT2D eigenvalue weighted by atomic mass is 35.5. The largest absolute Gasteiger partial charge is 0.465 e. The van der Waals surface area contributed by atoms with E-state index in [1.807, 2.05) is 0 Å². The van der Waals surface area contributed by atoms with Crippen LogP contribution in [0.4, 0.5) is 8.78 Å². The monoisotopic (exact) mass is 252 g/mol. The van der Waals surface area contributed by atoms with Crippen molar-refractivity contribution in [1.29, 1.82) is 0 Å². The van der Waals surface area contributed by atoms with Crippen LogP contribution in [0.15, 0.2) is 0 Å². The summed E-state index contributed by atoms with van der Waals surface area (Å²) in [5, 5.41) is 3.45. The van der Waals surface area contributed by atoms with E-state index < -0.39 is 18.1 Å². The second-order valence-electron chi connectivity index (χ2n) is 3.05. The minimum atomic E-state index is -2.75. The van der Waals surface area contributed by atoms with Gasteiger partial charge in [-0.3, -0.25) is 9.48 Å². The average Bonchev–Trinajstić information content (AvgIpc) is 2.46. The second-order valence-corrected chi connectivity index (χ2v) is 3.43. The number of carbonyl (C=O) groups is 1. The van der Waals surface area contributed by atoms with E-state index in [9.17, 15) is 13.6 Å². The van der Waals surface area contributed by atoms with Gasteiger partial charge in [-0.1, -0.05) is 11.6 Å². The van der Waals surface area contributed by atoms with E-state index in [0.29, 0.717) is 5.69 Å². The quantitative estimate of drug-likeness (QED) is 0.773. The number of hydrogen-bond acceptors (Lipinski definition) is 3. The Hall–Kier alpha value is -1.17. The zero-order chi connectivity index (χ0) is 12.3. The third-order valence-corrected chi connectivity index (χ3v) is 2.42. The molecule has 0 aliphatic heterocycles. The van der Waals surface area contributed by atoms with Gasteiger partial charge in [0.05, 0.1) is 17.3 Å². The summed E-state index contributed by atoms with van der Waals surface area (Å²) in [5.74, 6) is -0.536. The van der Waals surface area contributed by atoms with Crippen molar-refractivity contribution >= 4 is 17.6 Å². The number of aromatic nitrogens is 2. The van der Waals surface area contributed by atoms with E-state index in [-0.39, 0.29) is 18.2 Å². The minimum Gasteiger partial charge on any atom is -0.465 e. The van der Waals surface area contributed by atoms with E-state index in [2.05, 4.69) is 9.84 Å². The van der Waals surface area contributed by atoms with E-state index >= 15 is 0 Å². The van der Waals surface area contributed by atoms with Crippen LogP contribution in [-0.4, -0.2) is 22.4 Å². The molecule has 90 valence electrons. The molecule has 0 aromatic carbocycles. The number of rotatable bonds is 4. The summed E-state index contributed by atoms with van der Waals surface area (Å²) in [4.78, 5) is 11.1. The Bertz CT molecular complexity index is 393. The summed E-state index contributed by atoms with van der Waals surface area (Å²) in [6.07, 6.45) is -2.75. The first-order valence-electron chi connectivity index (χ1n) is 4.64. The second kappa shape index (κ2) is 5.25. The molecule has 0 atom stereocenters. The normalized spacial score (nSPS) is 10.9. The van der Waals surface area contributed by atoms with Gasteiger partial charge in [-0.25, -0.2) is 8.78 Å². The van der Waals surface area contributed by atoms with Crippen molar-refractivity contribution in [1.82, 2.24) is 9.78 Å². The summed E-state index contributed by atoms with van der Waals surface area (Å²) in [5.41, 5.74) is -0.187. The minimum absolute atomic E-state index is 0.112. The van der Waals surface area contributed by atoms with Crippen molar-refractivity contribution in [2.24, 2.45) is 0 Å². The van der Waals surface area contributed by atoms with E-state index in [4.69, 9.17) is 11.6 Å². The van der Waals surface area contributed by atoms with Crippen molar-refractivity contribution in [3.05, 3.63) is 16.4 Å². The molecule has 0 N–H and O–H groups in total. The van der Waals surface area contributed by atoms with Crippen molar-refractivity contribution < 1.29 is 18.3 Å². The topological polar surface area (TPSA) is 44.1 Å². The maximum Gasteiger partial charge on any atom is 0.327 e. The lowest BCUT2D eigenvalue weighted by Crippen LogP contribution is -2.15. The maximum absolute atomic E-state index is 12.4. The summed E-state index contributed by atoms with van der Waals surface area (Å²) >= 11 is 5.65. The molecule has 16 heavy (non-hydrogen) atoms. The van der Waals surface area contributed by atoms with Crippen molar-refractivity contribution in [3.63, 3.8) is 0 Å². The Morgan fingerprint density at radius 3 is 2.69 bits per heavy atom. The lowest BCUT2D eigenvalue weighted by atomic mass is 10.4. The Morgan fingerprint density at radius 1 is 1.62 bits per heavy atom. The van der Waals surface area contributed by atoms with E-state index in [0.717, 1.165) is 4.68 Å². The summed E-state index contributed by atoms with van der Waals surface area (Å²) in [7, 11) is 0. The van der Waals surface area contributed by atoms with E-state index in [1.165, 1.54) is 6.92 Å². The molecule has 0 aliphatic rings. The summed E-state index contributed by atoms with van der Waals surface area (Å²) < 4.78 is 30.7. The van der Waals surface area contributed by atoms with Crippen LogP contribution in [0.3, 0.4) is 0 Å². The highest BCUT2D eigenvalue weighted by Crippen LogP contribution is 2.28. The number of nitrogens with zero attached hydrogens (tertiary/aromatic N) is 2. The molecule has 0 saturated heterocycles. The molecule has 0 bridgehead atoms. The fourth-order valence-electron chi connectivity index (χ4n) is 1.17. The summed E-state index contributed by atoms with van der Waals surface area (Å²) in [6.45, 7) is 3.19. The zero-order valence-electron chi connectivity index (χ0n) is 8.84. The van der Waals surface area contributed by atoms with Crippen LogP contribution < -0.4 is 0 Å². The average molecular weight is 253 g/mol. The van der Waals surface area contributed by atoms with Gasteiger partial charge in [0.15, 0.2) is 0 Å². The van der Waals surface area contributed by atoms with Crippen LogP contribution in [0.2, 0.25) is 5.02 Å². The number of carbonyl (C=O) groups excluding carboxylic acids is 1. The predicted molar refractivity (Wildman–Crippen MR) is 53.6 cm³/mol.